The van der Waals surface area contributed by atoms with Crippen molar-refractivity contribution in [2.45, 2.75) is 38.4 Å². The van der Waals surface area contributed by atoms with Crippen molar-refractivity contribution >= 4 is 10.0 Å². The van der Waals surface area contributed by atoms with Crippen LogP contribution in [-0.2, 0) is 16.6 Å². The van der Waals surface area contributed by atoms with E-state index >= 15 is 0 Å². The Labute approximate surface area is 126 Å². The number of nitrogens with zero attached hydrogens (tertiary/aromatic N) is 4. The molecule has 0 spiro atoms. The van der Waals surface area contributed by atoms with Gasteiger partial charge in [0.1, 0.15) is 0 Å². The van der Waals surface area contributed by atoms with Crippen molar-refractivity contribution < 1.29 is 8.42 Å². The first-order valence-electron chi connectivity index (χ1n) is 7.68. The second-order valence-electron chi connectivity index (χ2n) is 6.16. The number of piperidine rings is 1. The standard InChI is InChI=1S/C14H24N4O2S/c1-3-21(19,20)18-8-5-14-12(10-18)9-13(16(14)2)11-17-7-4-6-15-17/h4,6-7,12-14H,3,5,8-11H2,1-2H3/t12-,13+,14+/m1/s1. The zero-order valence-electron chi connectivity index (χ0n) is 12.7. The third-order valence-corrected chi connectivity index (χ3v) is 6.89. The highest BCUT2D eigenvalue weighted by Crippen LogP contribution is 2.35. The molecule has 0 amide bonds. The molecule has 0 aromatic carbocycles. The van der Waals surface area contributed by atoms with E-state index in [2.05, 4.69) is 17.0 Å². The number of aromatic nitrogens is 2. The Balaban J connectivity index is 1.68. The summed E-state index contributed by atoms with van der Waals surface area (Å²) in [5.41, 5.74) is 0. The summed E-state index contributed by atoms with van der Waals surface area (Å²) in [6.45, 7) is 3.96. The van der Waals surface area contributed by atoms with Gasteiger partial charge < -0.3 is 0 Å². The molecule has 3 heterocycles. The normalized spacial score (nSPS) is 31.4. The van der Waals surface area contributed by atoms with E-state index in [-0.39, 0.29) is 5.75 Å². The van der Waals surface area contributed by atoms with Gasteiger partial charge in [0.2, 0.25) is 10.0 Å². The molecule has 2 fully saturated rings. The van der Waals surface area contributed by atoms with Gasteiger partial charge in [0.25, 0.3) is 0 Å². The first kappa shape index (κ1) is 15.0. The van der Waals surface area contributed by atoms with E-state index in [9.17, 15) is 8.42 Å². The van der Waals surface area contributed by atoms with Crippen LogP contribution in [0.2, 0.25) is 0 Å². The van der Waals surface area contributed by atoms with Gasteiger partial charge in [-0.05, 0) is 38.8 Å². The van der Waals surface area contributed by atoms with Gasteiger partial charge in [0, 0.05) is 37.6 Å². The summed E-state index contributed by atoms with van der Waals surface area (Å²) in [5, 5.41) is 4.28. The smallest absolute Gasteiger partial charge is 0.213 e. The summed E-state index contributed by atoms with van der Waals surface area (Å²) in [4.78, 5) is 2.43. The monoisotopic (exact) mass is 312 g/mol. The molecule has 0 radical (unpaired) electrons. The fourth-order valence-electron chi connectivity index (χ4n) is 3.80. The first-order chi connectivity index (χ1) is 10.0. The van der Waals surface area contributed by atoms with E-state index in [1.54, 1.807) is 17.4 Å². The van der Waals surface area contributed by atoms with Crippen molar-refractivity contribution in [3.05, 3.63) is 18.5 Å². The lowest BCUT2D eigenvalue weighted by atomic mass is 9.93. The van der Waals surface area contributed by atoms with Crippen LogP contribution in [0.4, 0.5) is 0 Å². The maximum Gasteiger partial charge on any atom is 0.213 e. The molecule has 0 saturated carbocycles. The number of likely N-dealkylation sites (N-methyl/N-ethyl adjacent to an activating group) is 1. The van der Waals surface area contributed by atoms with Crippen LogP contribution >= 0.6 is 0 Å². The molecule has 2 aliphatic heterocycles. The maximum atomic E-state index is 12.1. The molecule has 6 nitrogen and oxygen atoms in total. The van der Waals surface area contributed by atoms with Crippen LogP contribution < -0.4 is 0 Å². The van der Waals surface area contributed by atoms with Gasteiger partial charge >= 0.3 is 0 Å². The molecule has 21 heavy (non-hydrogen) atoms. The summed E-state index contributed by atoms with van der Waals surface area (Å²) in [7, 11) is -0.878. The zero-order valence-corrected chi connectivity index (χ0v) is 13.5. The minimum Gasteiger partial charge on any atom is -0.298 e. The fraction of sp³-hybridized carbons (Fsp3) is 0.786. The highest BCUT2D eigenvalue weighted by Gasteiger charge is 2.43. The molecule has 1 aromatic heterocycles. The fourth-order valence-corrected chi connectivity index (χ4v) is 4.97. The van der Waals surface area contributed by atoms with Gasteiger partial charge in [-0.1, -0.05) is 0 Å². The Morgan fingerprint density at radius 2 is 2.19 bits per heavy atom. The van der Waals surface area contributed by atoms with E-state index in [1.807, 2.05) is 16.9 Å². The molecule has 0 N–H and O–H groups in total. The van der Waals surface area contributed by atoms with E-state index in [1.165, 1.54) is 0 Å². The van der Waals surface area contributed by atoms with Crippen LogP contribution in [-0.4, -0.2) is 65.4 Å². The predicted molar refractivity (Wildman–Crippen MR) is 81.3 cm³/mol. The quantitative estimate of drug-likeness (QED) is 0.818. The van der Waals surface area contributed by atoms with Crippen LogP contribution in [0.15, 0.2) is 18.5 Å². The molecule has 0 bridgehead atoms. The van der Waals surface area contributed by atoms with Crippen molar-refractivity contribution in [1.82, 2.24) is 19.0 Å². The molecule has 0 unspecified atom stereocenters. The molecule has 1 aromatic rings. The van der Waals surface area contributed by atoms with Crippen LogP contribution in [0, 0.1) is 5.92 Å². The summed E-state index contributed by atoms with van der Waals surface area (Å²) in [5.74, 6) is 0.655. The summed E-state index contributed by atoms with van der Waals surface area (Å²) in [6.07, 6.45) is 5.79. The van der Waals surface area contributed by atoms with E-state index in [0.29, 0.717) is 31.1 Å². The summed E-state index contributed by atoms with van der Waals surface area (Å²) in [6, 6.07) is 2.90. The lowest BCUT2D eigenvalue weighted by Gasteiger charge is -2.36. The average molecular weight is 312 g/mol. The van der Waals surface area contributed by atoms with E-state index in [4.69, 9.17) is 0 Å². The van der Waals surface area contributed by atoms with Gasteiger partial charge in [-0.25, -0.2) is 12.7 Å². The third kappa shape index (κ3) is 2.86. The molecule has 2 aliphatic rings. The minimum absolute atomic E-state index is 0.205. The Bertz CT molecular complexity index is 572. The van der Waals surface area contributed by atoms with Crippen molar-refractivity contribution in [2.24, 2.45) is 5.92 Å². The van der Waals surface area contributed by atoms with Crippen LogP contribution in [0.3, 0.4) is 0 Å². The third-order valence-electron chi connectivity index (χ3n) is 5.05. The maximum absolute atomic E-state index is 12.1. The first-order valence-corrected chi connectivity index (χ1v) is 9.29. The number of sulfonamides is 1. The second kappa shape index (κ2) is 5.70. The molecular weight excluding hydrogens is 288 g/mol. The summed E-state index contributed by atoms with van der Waals surface area (Å²) >= 11 is 0. The second-order valence-corrected chi connectivity index (χ2v) is 8.42. The Kier molecular flexibility index (Phi) is 4.07. The van der Waals surface area contributed by atoms with Crippen molar-refractivity contribution in [1.29, 1.82) is 0 Å². The molecular formula is C14H24N4O2S. The number of hydrogen-bond acceptors (Lipinski definition) is 4. The largest absolute Gasteiger partial charge is 0.298 e. The van der Waals surface area contributed by atoms with Gasteiger partial charge in [-0.3, -0.25) is 9.58 Å². The average Bonchev–Trinajstić information content (AvgIpc) is 3.08. The lowest BCUT2D eigenvalue weighted by molar-refractivity contribution is 0.155. The minimum atomic E-state index is -3.05. The van der Waals surface area contributed by atoms with Crippen molar-refractivity contribution in [3.63, 3.8) is 0 Å². The topological polar surface area (TPSA) is 58.4 Å². The number of likely N-dealkylation sites (tertiary alicyclic amines) is 1. The Morgan fingerprint density at radius 3 is 2.86 bits per heavy atom. The van der Waals surface area contributed by atoms with Gasteiger partial charge in [-0.15, -0.1) is 0 Å². The van der Waals surface area contributed by atoms with Crippen LogP contribution in [0.25, 0.3) is 0 Å². The van der Waals surface area contributed by atoms with Crippen molar-refractivity contribution in [3.8, 4) is 0 Å². The Morgan fingerprint density at radius 1 is 1.38 bits per heavy atom. The van der Waals surface area contributed by atoms with E-state index in [0.717, 1.165) is 19.4 Å². The van der Waals surface area contributed by atoms with Crippen LogP contribution in [0.5, 0.6) is 0 Å². The van der Waals surface area contributed by atoms with Crippen molar-refractivity contribution in [2.75, 3.05) is 25.9 Å². The molecule has 2 saturated heterocycles. The zero-order chi connectivity index (χ0) is 15.0. The number of rotatable bonds is 4. The number of fused-ring (bicyclic) bond motifs is 1. The highest BCUT2D eigenvalue weighted by atomic mass is 32.2. The van der Waals surface area contributed by atoms with Crippen LogP contribution in [0.1, 0.15) is 19.8 Å². The molecule has 0 aliphatic carbocycles. The molecule has 3 rings (SSSR count). The van der Waals surface area contributed by atoms with Gasteiger partial charge in [0.05, 0.1) is 12.3 Å². The molecule has 3 atom stereocenters. The Hall–Kier alpha value is -0.920. The lowest BCUT2D eigenvalue weighted by Crippen LogP contribution is -2.48. The highest BCUT2D eigenvalue weighted by molar-refractivity contribution is 7.89. The van der Waals surface area contributed by atoms with E-state index < -0.39 is 10.0 Å². The summed E-state index contributed by atoms with van der Waals surface area (Å²) < 4.78 is 27.8. The van der Waals surface area contributed by atoms with Gasteiger partial charge in [0.15, 0.2) is 0 Å². The van der Waals surface area contributed by atoms with Gasteiger partial charge in [-0.2, -0.15) is 5.10 Å². The SMILES string of the molecule is CCS(=O)(=O)N1CC[C@H]2[C@H](C[C@@H](Cn3cccn3)N2C)C1. The molecule has 118 valence electrons. The number of hydrogen-bond donors (Lipinski definition) is 0. The molecule has 7 heteroatoms. The predicted octanol–water partition coefficient (Wildman–Crippen LogP) is 0.627.